The van der Waals surface area contributed by atoms with E-state index in [4.69, 9.17) is 21.6 Å². The van der Waals surface area contributed by atoms with E-state index in [1.54, 1.807) is 24.3 Å². The number of para-hydroxylation sites is 1. The molecule has 0 spiro atoms. The third-order valence-corrected chi connectivity index (χ3v) is 2.58. The van der Waals surface area contributed by atoms with E-state index in [1.807, 2.05) is 6.07 Å². The molecule has 0 N–H and O–H groups in total. The molecule has 0 saturated heterocycles. The number of halogens is 1. The fraction of sp³-hybridized carbons (Fsp3) is 0. The average molecular weight is 275 g/mol. The first kappa shape index (κ1) is 12.9. The van der Waals surface area contributed by atoms with Gasteiger partial charge in [0, 0.05) is 11.1 Å². The van der Waals surface area contributed by atoms with Crippen molar-refractivity contribution in [3.05, 3.63) is 63.2 Å². The molecule has 2 rings (SSSR count). The quantitative estimate of drug-likeness (QED) is 0.628. The van der Waals surface area contributed by atoms with Gasteiger partial charge in [0.25, 0.3) is 0 Å². The van der Waals surface area contributed by atoms with Crippen LogP contribution >= 0.6 is 11.6 Å². The molecule has 19 heavy (non-hydrogen) atoms. The number of nitriles is 1. The fourth-order valence-corrected chi connectivity index (χ4v) is 1.65. The summed E-state index contributed by atoms with van der Waals surface area (Å²) in [7, 11) is 0. The maximum absolute atomic E-state index is 10.9. The second kappa shape index (κ2) is 5.38. The zero-order valence-electron chi connectivity index (χ0n) is 9.54. The lowest BCUT2D eigenvalue weighted by Gasteiger charge is -2.07. The van der Waals surface area contributed by atoms with Crippen molar-refractivity contribution in [3.63, 3.8) is 0 Å². The molecule has 0 amide bonds. The largest absolute Gasteiger partial charge is 0.449 e. The van der Waals surface area contributed by atoms with Crippen LogP contribution < -0.4 is 4.74 Å². The molecular weight excluding hydrogens is 268 g/mol. The highest BCUT2D eigenvalue weighted by Gasteiger charge is 2.17. The van der Waals surface area contributed by atoms with Gasteiger partial charge in [-0.25, -0.2) is 0 Å². The monoisotopic (exact) mass is 274 g/mol. The third-order valence-electron chi connectivity index (χ3n) is 2.35. The Morgan fingerprint density at radius 2 is 1.95 bits per heavy atom. The van der Waals surface area contributed by atoms with E-state index < -0.39 is 4.92 Å². The van der Waals surface area contributed by atoms with E-state index in [9.17, 15) is 10.1 Å². The van der Waals surface area contributed by atoms with Crippen LogP contribution in [0, 0.1) is 21.4 Å². The lowest BCUT2D eigenvalue weighted by Crippen LogP contribution is -1.94. The van der Waals surface area contributed by atoms with Crippen LogP contribution in [-0.2, 0) is 0 Å². The standard InChI is InChI=1S/C13H7ClN2O3/c14-10-5-6-13(11(7-10)16(17)18)19-12-4-2-1-3-9(12)8-15/h1-7H. The van der Waals surface area contributed by atoms with Gasteiger partial charge in [0.2, 0.25) is 5.75 Å². The molecule has 5 nitrogen and oxygen atoms in total. The number of nitro groups is 1. The van der Waals surface area contributed by atoms with Gasteiger partial charge in [0.15, 0.2) is 0 Å². The summed E-state index contributed by atoms with van der Waals surface area (Å²) < 4.78 is 5.43. The predicted octanol–water partition coefficient (Wildman–Crippen LogP) is 3.91. The topological polar surface area (TPSA) is 76.2 Å². The summed E-state index contributed by atoms with van der Waals surface area (Å²) in [6, 6.07) is 12.5. The van der Waals surface area contributed by atoms with Crippen LogP contribution in [0.3, 0.4) is 0 Å². The first-order chi connectivity index (χ1) is 9.11. The van der Waals surface area contributed by atoms with Crippen molar-refractivity contribution in [2.45, 2.75) is 0 Å². The zero-order valence-corrected chi connectivity index (χ0v) is 10.3. The van der Waals surface area contributed by atoms with Crippen LogP contribution in [0.15, 0.2) is 42.5 Å². The van der Waals surface area contributed by atoms with Crippen molar-refractivity contribution in [1.82, 2.24) is 0 Å². The van der Waals surface area contributed by atoms with E-state index in [-0.39, 0.29) is 22.2 Å². The van der Waals surface area contributed by atoms with E-state index in [1.165, 1.54) is 18.2 Å². The predicted molar refractivity (Wildman–Crippen MR) is 69.3 cm³/mol. The summed E-state index contributed by atoms with van der Waals surface area (Å²) in [4.78, 5) is 10.3. The average Bonchev–Trinajstić information content (AvgIpc) is 2.41. The Kier molecular flexibility index (Phi) is 3.64. The SMILES string of the molecule is N#Cc1ccccc1Oc1ccc(Cl)cc1[N+](=O)[O-]. The van der Waals surface area contributed by atoms with Crippen molar-refractivity contribution in [2.75, 3.05) is 0 Å². The summed E-state index contributed by atoms with van der Waals surface area (Å²) in [5.74, 6) is 0.299. The van der Waals surface area contributed by atoms with E-state index in [2.05, 4.69) is 0 Å². The summed E-state index contributed by atoms with van der Waals surface area (Å²) in [5.41, 5.74) is 0.0481. The van der Waals surface area contributed by atoms with Gasteiger partial charge in [-0.3, -0.25) is 10.1 Å². The molecule has 2 aromatic carbocycles. The van der Waals surface area contributed by atoms with Crippen molar-refractivity contribution < 1.29 is 9.66 Å². The molecule has 0 radical (unpaired) electrons. The molecule has 0 unspecified atom stereocenters. The van der Waals surface area contributed by atoms with Crippen LogP contribution in [0.2, 0.25) is 5.02 Å². The third kappa shape index (κ3) is 2.81. The molecule has 0 aromatic heterocycles. The van der Waals surface area contributed by atoms with Crippen LogP contribution in [0.25, 0.3) is 0 Å². The molecule has 94 valence electrons. The molecule has 6 heteroatoms. The van der Waals surface area contributed by atoms with Crippen LogP contribution in [-0.4, -0.2) is 4.92 Å². The summed E-state index contributed by atoms with van der Waals surface area (Å²) >= 11 is 5.71. The highest BCUT2D eigenvalue weighted by molar-refractivity contribution is 6.30. The zero-order chi connectivity index (χ0) is 13.8. The number of rotatable bonds is 3. The molecule has 0 aliphatic rings. The maximum Gasteiger partial charge on any atom is 0.313 e. The fourth-order valence-electron chi connectivity index (χ4n) is 1.49. The van der Waals surface area contributed by atoms with Gasteiger partial charge in [-0.2, -0.15) is 5.26 Å². The number of nitrogens with zero attached hydrogens (tertiary/aromatic N) is 2. The second-order valence-corrected chi connectivity index (χ2v) is 4.02. The number of ether oxygens (including phenoxy) is 1. The number of hydrogen-bond donors (Lipinski definition) is 0. The Morgan fingerprint density at radius 1 is 1.21 bits per heavy atom. The highest BCUT2D eigenvalue weighted by atomic mass is 35.5. The Balaban J connectivity index is 2.44. The van der Waals surface area contributed by atoms with Gasteiger partial charge < -0.3 is 4.74 Å². The number of hydrogen-bond acceptors (Lipinski definition) is 4. The van der Waals surface area contributed by atoms with E-state index >= 15 is 0 Å². The first-order valence-electron chi connectivity index (χ1n) is 5.22. The lowest BCUT2D eigenvalue weighted by atomic mass is 10.2. The lowest BCUT2D eigenvalue weighted by molar-refractivity contribution is -0.385. The van der Waals surface area contributed by atoms with Gasteiger partial charge in [0.1, 0.15) is 11.8 Å². The Hall–Kier alpha value is -2.58. The Morgan fingerprint density at radius 3 is 2.63 bits per heavy atom. The Bertz CT molecular complexity index is 680. The number of nitro benzene ring substituents is 1. The number of benzene rings is 2. The molecule has 0 atom stereocenters. The summed E-state index contributed by atoms with van der Waals surface area (Å²) in [6.45, 7) is 0. The second-order valence-electron chi connectivity index (χ2n) is 3.58. The van der Waals surface area contributed by atoms with E-state index in [0.29, 0.717) is 5.56 Å². The molecule has 0 aliphatic heterocycles. The van der Waals surface area contributed by atoms with Gasteiger partial charge in [-0.15, -0.1) is 0 Å². The molecule has 0 aliphatic carbocycles. The van der Waals surface area contributed by atoms with Crippen molar-refractivity contribution in [1.29, 1.82) is 5.26 Å². The molecule has 0 bridgehead atoms. The minimum absolute atomic E-state index is 0.0390. The highest BCUT2D eigenvalue weighted by Crippen LogP contribution is 2.34. The van der Waals surface area contributed by atoms with Crippen LogP contribution in [0.5, 0.6) is 11.5 Å². The molecular formula is C13H7ClN2O3. The summed E-state index contributed by atoms with van der Waals surface area (Å²) in [6.07, 6.45) is 0. The van der Waals surface area contributed by atoms with E-state index in [0.717, 1.165) is 0 Å². The maximum atomic E-state index is 10.9. The molecule has 0 fully saturated rings. The van der Waals surface area contributed by atoms with Crippen molar-refractivity contribution in [3.8, 4) is 17.6 Å². The summed E-state index contributed by atoms with van der Waals surface area (Å²) in [5, 5.41) is 20.1. The van der Waals surface area contributed by atoms with Crippen molar-refractivity contribution >= 4 is 17.3 Å². The Labute approximate surface area is 113 Å². The minimum Gasteiger partial charge on any atom is -0.449 e. The first-order valence-corrected chi connectivity index (χ1v) is 5.60. The van der Waals surface area contributed by atoms with Gasteiger partial charge in [-0.05, 0) is 24.3 Å². The van der Waals surface area contributed by atoms with Crippen LogP contribution in [0.1, 0.15) is 5.56 Å². The molecule has 0 saturated carbocycles. The van der Waals surface area contributed by atoms with Crippen LogP contribution in [0.4, 0.5) is 5.69 Å². The smallest absolute Gasteiger partial charge is 0.313 e. The van der Waals surface area contributed by atoms with Gasteiger partial charge in [-0.1, -0.05) is 23.7 Å². The molecule has 0 heterocycles. The van der Waals surface area contributed by atoms with Gasteiger partial charge in [0.05, 0.1) is 10.5 Å². The molecule has 2 aromatic rings. The normalized spacial score (nSPS) is 9.68. The van der Waals surface area contributed by atoms with Gasteiger partial charge >= 0.3 is 5.69 Å². The van der Waals surface area contributed by atoms with Crippen molar-refractivity contribution in [2.24, 2.45) is 0 Å². The minimum atomic E-state index is -0.587.